The molecule has 0 amide bonds. The van der Waals surface area contributed by atoms with Gasteiger partial charge in [-0.25, -0.2) is 4.98 Å². The summed E-state index contributed by atoms with van der Waals surface area (Å²) in [6, 6.07) is 2.58. The maximum atomic E-state index is 4.53. The van der Waals surface area contributed by atoms with E-state index in [0.29, 0.717) is 6.04 Å². The molecule has 96 valence electrons. The topological polar surface area (TPSA) is 16.1 Å². The van der Waals surface area contributed by atoms with Crippen molar-refractivity contribution in [3.05, 3.63) is 21.2 Å². The Morgan fingerprint density at radius 3 is 2.59 bits per heavy atom. The second-order valence-electron chi connectivity index (χ2n) is 4.26. The minimum Gasteiger partial charge on any atom is -0.353 e. The van der Waals surface area contributed by atoms with Gasteiger partial charge in [-0.1, -0.05) is 20.3 Å². The Bertz CT molecular complexity index is 355. The van der Waals surface area contributed by atoms with Crippen molar-refractivity contribution < 1.29 is 0 Å². The normalized spacial score (nSPS) is 12.5. The quantitative estimate of drug-likeness (QED) is 0.705. The first-order valence-corrected chi connectivity index (χ1v) is 7.76. The van der Waals surface area contributed by atoms with Gasteiger partial charge in [0.2, 0.25) is 0 Å². The van der Waals surface area contributed by atoms with Crippen LogP contribution in [-0.2, 0) is 0 Å². The fraction of sp³-hybridized carbons (Fsp3) is 0.615. The van der Waals surface area contributed by atoms with Gasteiger partial charge in [-0.15, -0.1) is 0 Å². The summed E-state index contributed by atoms with van der Waals surface area (Å²) < 4.78 is 2.07. The van der Waals surface area contributed by atoms with Gasteiger partial charge in [-0.2, -0.15) is 0 Å². The van der Waals surface area contributed by atoms with Crippen LogP contribution in [0.1, 0.15) is 40.0 Å². The van der Waals surface area contributed by atoms with Crippen LogP contribution in [0.15, 0.2) is 21.2 Å². The molecule has 1 aromatic heterocycles. The molecule has 17 heavy (non-hydrogen) atoms. The average Bonchev–Trinajstić information content (AvgIpc) is 2.31. The number of unbranched alkanes of at least 4 members (excludes halogenated alkanes) is 1. The van der Waals surface area contributed by atoms with Crippen LogP contribution in [0.4, 0.5) is 5.82 Å². The van der Waals surface area contributed by atoms with Crippen LogP contribution in [0.3, 0.4) is 0 Å². The van der Waals surface area contributed by atoms with Crippen molar-refractivity contribution in [1.29, 1.82) is 0 Å². The number of hydrogen-bond donors (Lipinski definition) is 0. The molecular formula is C13H20Br2N2. The number of hydrogen-bond acceptors (Lipinski definition) is 2. The van der Waals surface area contributed by atoms with Crippen LogP contribution < -0.4 is 4.90 Å². The highest BCUT2D eigenvalue weighted by Gasteiger charge is 2.16. The average molecular weight is 364 g/mol. The largest absolute Gasteiger partial charge is 0.353 e. The molecule has 0 saturated heterocycles. The third kappa shape index (κ3) is 4.25. The molecule has 0 bridgehead atoms. The molecule has 0 spiro atoms. The lowest BCUT2D eigenvalue weighted by atomic mass is 10.2. The molecule has 1 unspecified atom stereocenters. The summed E-state index contributed by atoms with van der Waals surface area (Å²) >= 11 is 7.04. The number of halogens is 2. The summed E-state index contributed by atoms with van der Waals surface area (Å²) in [5, 5.41) is 0. The third-order valence-electron chi connectivity index (χ3n) is 2.94. The Labute approximate surface area is 121 Å². The van der Waals surface area contributed by atoms with E-state index in [-0.39, 0.29) is 0 Å². The van der Waals surface area contributed by atoms with Crippen LogP contribution >= 0.6 is 31.9 Å². The Morgan fingerprint density at radius 1 is 1.35 bits per heavy atom. The summed E-state index contributed by atoms with van der Waals surface area (Å²) in [5.41, 5.74) is 0. The monoisotopic (exact) mass is 362 g/mol. The molecule has 0 aliphatic rings. The summed E-state index contributed by atoms with van der Waals surface area (Å²) in [4.78, 5) is 6.92. The van der Waals surface area contributed by atoms with Crippen molar-refractivity contribution in [3.63, 3.8) is 0 Å². The molecule has 0 aliphatic heterocycles. The molecule has 0 N–H and O–H groups in total. The molecule has 1 aromatic rings. The van der Waals surface area contributed by atoms with Gasteiger partial charge in [0, 0.05) is 23.3 Å². The van der Waals surface area contributed by atoms with Crippen LogP contribution in [0, 0.1) is 0 Å². The molecule has 2 nitrogen and oxygen atoms in total. The summed E-state index contributed by atoms with van der Waals surface area (Å²) in [5.74, 6) is 1.05. The molecule has 1 rings (SSSR count). The minimum atomic E-state index is 0.520. The number of aromatic nitrogens is 1. The van der Waals surface area contributed by atoms with E-state index in [0.717, 1.165) is 27.7 Å². The maximum absolute atomic E-state index is 4.53. The van der Waals surface area contributed by atoms with Crippen molar-refractivity contribution >= 4 is 37.7 Å². The highest BCUT2D eigenvalue weighted by atomic mass is 79.9. The fourth-order valence-corrected chi connectivity index (χ4v) is 2.92. The lowest BCUT2D eigenvalue weighted by Crippen LogP contribution is -2.34. The van der Waals surface area contributed by atoms with E-state index in [4.69, 9.17) is 0 Å². The van der Waals surface area contributed by atoms with Gasteiger partial charge < -0.3 is 4.90 Å². The smallest absolute Gasteiger partial charge is 0.143 e. The number of pyridine rings is 1. The van der Waals surface area contributed by atoms with Crippen LogP contribution in [0.2, 0.25) is 0 Å². The fourth-order valence-electron chi connectivity index (χ4n) is 1.70. The molecule has 0 radical (unpaired) electrons. The number of rotatable bonds is 6. The first-order chi connectivity index (χ1) is 8.10. The second kappa shape index (κ2) is 7.37. The van der Waals surface area contributed by atoms with Crippen LogP contribution in [0.25, 0.3) is 0 Å². The van der Waals surface area contributed by atoms with Crippen LogP contribution in [0.5, 0.6) is 0 Å². The Kier molecular flexibility index (Phi) is 6.49. The second-order valence-corrected chi connectivity index (χ2v) is 6.03. The zero-order valence-corrected chi connectivity index (χ0v) is 13.9. The van der Waals surface area contributed by atoms with Gasteiger partial charge >= 0.3 is 0 Å². The van der Waals surface area contributed by atoms with Crippen molar-refractivity contribution in [2.45, 2.75) is 46.1 Å². The Balaban J connectivity index is 2.95. The van der Waals surface area contributed by atoms with Gasteiger partial charge in [0.05, 0.1) is 4.47 Å². The van der Waals surface area contributed by atoms with Crippen LogP contribution in [-0.4, -0.2) is 17.6 Å². The molecule has 1 heterocycles. The van der Waals surface area contributed by atoms with E-state index in [2.05, 4.69) is 68.6 Å². The zero-order chi connectivity index (χ0) is 12.8. The molecule has 0 aromatic carbocycles. The highest BCUT2D eigenvalue weighted by Crippen LogP contribution is 2.28. The molecule has 4 heteroatoms. The van der Waals surface area contributed by atoms with E-state index < -0.39 is 0 Å². The standard InChI is InChI=1S/C13H20Br2N2/c1-4-6-7-17(10(3)5-2)13-12(15)8-11(14)9-16-13/h8-10H,4-7H2,1-3H3. The summed E-state index contributed by atoms with van der Waals surface area (Å²) in [6.45, 7) is 7.76. The predicted octanol–water partition coefficient (Wildman–Crippen LogP) is 5.01. The lowest BCUT2D eigenvalue weighted by Gasteiger charge is -2.30. The van der Waals surface area contributed by atoms with Gasteiger partial charge in [0.1, 0.15) is 5.82 Å². The first-order valence-electron chi connectivity index (χ1n) is 6.17. The molecular weight excluding hydrogens is 344 g/mol. The Morgan fingerprint density at radius 2 is 2.06 bits per heavy atom. The van der Waals surface area contributed by atoms with E-state index in [1.165, 1.54) is 12.8 Å². The van der Waals surface area contributed by atoms with Gasteiger partial charge in [-0.3, -0.25) is 0 Å². The predicted molar refractivity (Wildman–Crippen MR) is 81.6 cm³/mol. The summed E-state index contributed by atoms with van der Waals surface area (Å²) in [7, 11) is 0. The zero-order valence-electron chi connectivity index (χ0n) is 10.7. The van der Waals surface area contributed by atoms with Gasteiger partial charge in [-0.05, 0) is 57.7 Å². The van der Waals surface area contributed by atoms with E-state index in [1.54, 1.807) is 0 Å². The Hall–Kier alpha value is -0.0900. The molecule has 0 fully saturated rings. The van der Waals surface area contributed by atoms with Crippen molar-refractivity contribution in [2.75, 3.05) is 11.4 Å². The van der Waals surface area contributed by atoms with E-state index in [9.17, 15) is 0 Å². The SMILES string of the molecule is CCCCN(c1ncc(Br)cc1Br)C(C)CC. The third-order valence-corrected chi connectivity index (χ3v) is 3.95. The minimum absolute atomic E-state index is 0.520. The molecule has 0 saturated carbocycles. The molecule has 0 aliphatic carbocycles. The van der Waals surface area contributed by atoms with Crippen molar-refractivity contribution in [1.82, 2.24) is 4.98 Å². The summed E-state index contributed by atoms with van der Waals surface area (Å²) in [6.07, 6.45) is 5.41. The lowest BCUT2D eigenvalue weighted by molar-refractivity contribution is 0.588. The van der Waals surface area contributed by atoms with E-state index >= 15 is 0 Å². The molecule has 1 atom stereocenters. The first kappa shape index (κ1) is 15.0. The van der Waals surface area contributed by atoms with Gasteiger partial charge in [0.25, 0.3) is 0 Å². The van der Waals surface area contributed by atoms with E-state index in [1.807, 2.05) is 6.20 Å². The van der Waals surface area contributed by atoms with Crippen molar-refractivity contribution in [2.24, 2.45) is 0 Å². The van der Waals surface area contributed by atoms with Gasteiger partial charge in [0.15, 0.2) is 0 Å². The number of anilines is 1. The highest BCUT2D eigenvalue weighted by molar-refractivity contribution is 9.11. The maximum Gasteiger partial charge on any atom is 0.143 e. The number of nitrogens with zero attached hydrogens (tertiary/aromatic N) is 2. The van der Waals surface area contributed by atoms with Crippen molar-refractivity contribution in [3.8, 4) is 0 Å².